The number of benzene rings is 2. The van der Waals surface area contributed by atoms with Crippen LogP contribution < -0.4 is 4.90 Å². The number of anilines is 2. The Bertz CT molecular complexity index is 786. The maximum atomic E-state index is 5.32. The van der Waals surface area contributed by atoms with Crippen LogP contribution in [0.25, 0.3) is 0 Å². The Morgan fingerprint density at radius 1 is 1.04 bits per heavy atom. The third-order valence-electron chi connectivity index (χ3n) is 3.97. The SMILES string of the molecule is C#C/C=C(C)\C=C/CN(c1ccc(C)cc1)c1ccc(C)cc1C. The van der Waals surface area contributed by atoms with Crippen molar-refractivity contribution in [3.8, 4) is 12.3 Å². The minimum atomic E-state index is 0.794. The van der Waals surface area contributed by atoms with Gasteiger partial charge in [0.05, 0.1) is 0 Å². The van der Waals surface area contributed by atoms with Crippen molar-refractivity contribution in [1.82, 2.24) is 0 Å². The van der Waals surface area contributed by atoms with Crippen LogP contribution in [0.4, 0.5) is 11.4 Å². The molecule has 0 radical (unpaired) electrons. The van der Waals surface area contributed by atoms with Gasteiger partial charge >= 0.3 is 0 Å². The molecule has 0 bridgehead atoms. The summed E-state index contributed by atoms with van der Waals surface area (Å²) in [5, 5.41) is 0. The van der Waals surface area contributed by atoms with Crippen LogP contribution in [0, 0.1) is 33.1 Å². The van der Waals surface area contributed by atoms with Crippen LogP contribution in [0.3, 0.4) is 0 Å². The minimum Gasteiger partial charge on any atom is -0.337 e. The molecule has 0 unspecified atom stereocenters. The molecule has 0 aliphatic carbocycles. The molecule has 0 amide bonds. The van der Waals surface area contributed by atoms with E-state index in [0.717, 1.165) is 12.1 Å². The van der Waals surface area contributed by atoms with Crippen molar-refractivity contribution in [2.24, 2.45) is 0 Å². The van der Waals surface area contributed by atoms with Crippen molar-refractivity contribution < 1.29 is 0 Å². The topological polar surface area (TPSA) is 3.24 Å². The molecule has 0 atom stereocenters. The zero-order valence-electron chi connectivity index (χ0n) is 15.0. The van der Waals surface area contributed by atoms with E-state index in [1.807, 2.05) is 6.92 Å². The Morgan fingerprint density at radius 3 is 2.33 bits per heavy atom. The van der Waals surface area contributed by atoms with E-state index in [4.69, 9.17) is 6.42 Å². The van der Waals surface area contributed by atoms with Gasteiger partial charge in [-0.05, 0) is 63.1 Å². The largest absolute Gasteiger partial charge is 0.337 e. The lowest BCUT2D eigenvalue weighted by atomic mass is 10.1. The first-order valence-corrected chi connectivity index (χ1v) is 8.22. The summed E-state index contributed by atoms with van der Waals surface area (Å²) in [6.45, 7) is 9.21. The average Bonchev–Trinajstić information content (AvgIpc) is 2.54. The van der Waals surface area contributed by atoms with Crippen molar-refractivity contribution in [2.75, 3.05) is 11.4 Å². The van der Waals surface area contributed by atoms with Crippen molar-refractivity contribution in [3.63, 3.8) is 0 Å². The van der Waals surface area contributed by atoms with Crippen LogP contribution in [-0.4, -0.2) is 6.54 Å². The smallest absolute Gasteiger partial charge is 0.0443 e. The Balaban J connectivity index is 2.36. The fourth-order valence-corrected chi connectivity index (χ4v) is 2.70. The molecule has 1 nitrogen and oxygen atoms in total. The number of aryl methyl sites for hydroxylation is 3. The van der Waals surface area contributed by atoms with Crippen LogP contribution >= 0.6 is 0 Å². The second kappa shape index (κ2) is 8.22. The summed E-state index contributed by atoms with van der Waals surface area (Å²) >= 11 is 0. The second-order valence-electron chi connectivity index (χ2n) is 6.19. The summed E-state index contributed by atoms with van der Waals surface area (Å²) in [5.74, 6) is 2.56. The fraction of sp³-hybridized carbons (Fsp3) is 0.217. The number of hydrogen-bond donors (Lipinski definition) is 0. The third-order valence-corrected chi connectivity index (χ3v) is 3.97. The van der Waals surface area contributed by atoms with Crippen LogP contribution in [0.15, 0.2) is 66.3 Å². The van der Waals surface area contributed by atoms with E-state index < -0.39 is 0 Å². The maximum Gasteiger partial charge on any atom is 0.0443 e. The van der Waals surface area contributed by atoms with E-state index in [0.29, 0.717) is 0 Å². The lowest BCUT2D eigenvalue weighted by molar-refractivity contribution is 1.08. The highest BCUT2D eigenvalue weighted by Gasteiger charge is 2.10. The van der Waals surface area contributed by atoms with Gasteiger partial charge in [-0.25, -0.2) is 0 Å². The van der Waals surface area contributed by atoms with Crippen LogP contribution in [0.2, 0.25) is 0 Å². The first kappa shape index (κ1) is 17.6. The van der Waals surface area contributed by atoms with Gasteiger partial charge in [0, 0.05) is 17.9 Å². The highest BCUT2D eigenvalue weighted by Crippen LogP contribution is 2.29. The fourth-order valence-electron chi connectivity index (χ4n) is 2.70. The van der Waals surface area contributed by atoms with E-state index in [9.17, 15) is 0 Å². The average molecular weight is 315 g/mol. The van der Waals surface area contributed by atoms with Gasteiger partial charge in [-0.15, -0.1) is 6.42 Å². The van der Waals surface area contributed by atoms with Crippen molar-refractivity contribution >= 4 is 11.4 Å². The Labute approximate surface area is 146 Å². The molecule has 2 aromatic carbocycles. The van der Waals surface area contributed by atoms with Crippen LogP contribution in [-0.2, 0) is 0 Å². The van der Waals surface area contributed by atoms with Crippen molar-refractivity contribution in [2.45, 2.75) is 27.7 Å². The van der Waals surface area contributed by atoms with Crippen molar-refractivity contribution in [1.29, 1.82) is 0 Å². The summed E-state index contributed by atoms with van der Waals surface area (Å²) in [4.78, 5) is 2.33. The molecular weight excluding hydrogens is 290 g/mol. The Morgan fingerprint density at radius 2 is 1.71 bits per heavy atom. The highest BCUT2D eigenvalue weighted by molar-refractivity contribution is 5.67. The normalized spacial score (nSPS) is 11.5. The van der Waals surface area contributed by atoms with Crippen LogP contribution in [0.5, 0.6) is 0 Å². The van der Waals surface area contributed by atoms with Crippen LogP contribution in [0.1, 0.15) is 23.6 Å². The van der Waals surface area contributed by atoms with Crippen molar-refractivity contribution in [3.05, 3.63) is 83.0 Å². The molecule has 0 aromatic heterocycles. The molecule has 0 heterocycles. The molecule has 0 fully saturated rings. The molecule has 122 valence electrons. The molecule has 0 spiro atoms. The van der Waals surface area contributed by atoms with Gasteiger partial charge < -0.3 is 4.90 Å². The molecule has 0 aliphatic heterocycles. The predicted molar refractivity (Wildman–Crippen MR) is 106 cm³/mol. The first-order chi connectivity index (χ1) is 11.5. The molecule has 0 saturated heterocycles. The zero-order valence-corrected chi connectivity index (χ0v) is 15.0. The molecule has 2 rings (SSSR count). The quantitative estimate of drug-likeness (QED) is 0.491. The van der Waals surface area contributed by atoms with Gasteiger partial charge in [0.1, 0.15) is 0 Å². The van der Waals surface area contributed by atoms with Gasteiger partial charge in [-0.2, -0.15) is 0 Å². The monoisotopic (exact) mass is 315 g/mol. The Hall–Kier alpha value is -2.72. The summed E-state index contributed by atoms with van der Waals surface area (Å²) in [7, 11) is 0. The number of rotatable bonds is 5. The summed E-state index contributed by atoms with van der Waals surface area (Å²) in [6, 6.07) is 15.2. The van der Waals surface area contributed by atoms with E-state index in [1.165, 1.54) is 28.1 Å². The zero-order chi connectivity index (χ0) is 17.5. The number of hydrogen-bond acceptors (Lipinski definition) is 1. The Kier molecular flexibility index (Phi) is 6.04. The lowest BCUT2D eigenvalue weighted by Crippen LogP contribution is -2.18. The van der Waals surface area contributed by atoms with E-state index in [2.05, 4.69) is 86.2 Å². The number of nitrogens with zero attached hydrogens (tertiary/aromatic N) is 1. The molecule has 0 N–H and O–H groups in total. The van der Waals surface area contributed by atoms with Gasteiger partial charge in [-0.3, -0.25) is 0 Å². The van der Waals surface area contributed by atoms with Gasteiger partial charge in [0.15, 0.2) is 0 Å². The third kappa shape index (κ3) is 4.64. The second-order valence-corrected chi connectivity index (χ2v) is 6.19. The predicted octanol–water partition coefficient (Wildman–Crippen LogP) is 5.89. The highest BCUT2D eigenvalue weighted by atomic mass is 15.1. The molecular formula is C23H25N. The van der Waals surface area contributed by atoms with Gasteiger partial charge in [0.2, 0.25) is 0 Å². The molecule has 24 heavy (non-hydrogen) atoms. The van der Waals surface area contributed by atoms with E-state index in [1.54, 1.807) is 6.08 Å². The van der Waals surface area contributed by atoms with E-state index >= 15 is 0 Å². The first-order valence-electron chi connectivity index (χ1n) is 8.22. The molecule has 2 aromatic rings. The number of allylic oxidation sites excluding steroid dienone is 3. The number of terminal acetylenes is 1. The van der Waals surface area contributed by atoms with Gasteiger partial charge in [0.25, 0.3) is 0 Å². The summed E-state index contributed by atoms with van der Waals surface area (Å²) in [6.07, 6.45) is 11.3. The molecule has 1 heteroatoms. The maximum absolute atomic E-state index is 5.32. The molecule has 0 saturated carbocycles. The van der Waals surface area contributed by atoms with E-state index in [-0.39, 0.29) is 0 Å². The van der Waals surface area contributed by atoms with Gasteiger partial charge in [-0.1, -0.05) is 53.5 Å². The summed E-state index contributed by atoms with van der Waals surface area (Å²) in [5.41, 5.74) is 7.33. The summed E-state index contributed by atoms with van der Waals surface area (Å²) < 4.78 is 0. The minimum absolute atomic E-state index is 0.794. The standard InChI is InChI=1S/C23H25N/c1-6-8-18(2)9-7-16-24(22-13-10-19(3)11-14-22)23-15-12-20(4)17-21(23)5/h1,7-15,17H,16H2,2-5H3/b9-7-,18-8-. The molecule has 0 aliphatic rings. The lowest BCUT2D eigenvalue weighted by Gasteiger charge is -2.26.